The molecule has 2 rings (SSSR count). The Morgan fingerprint density at radius 3 is 2.56 bits per heavy atom. The number of carbonyl (C=O) groups excluding carboxylic acids is 1. The fourth-order valence-electron chi connectivity index (χ4n) is 2.07. The van der Waals surface area contributed by atoms with Crippen molar-refractivity contribution >= 4 is 21.8 Å². The van der Waals surface area contributed by atoms with Crippen LogP contribution in [0.15, 0.2) is 28.7 Å². The summed E-state index contributed by atoms with van der Waals surface area (Å²) in [6.45, 7) is 3.96. The molecule has 0 radical (unpaired) electrons. The van der Waals surface area contributed by atoms with Gasteiger partial charge < -0.3 is 10.2 Å². The number of likely N-dealkylation sites (N-methyl/N-ethyl adjacent to an activating group) is 1. The van der Waals surface area contributed by atoms with Gasteiger partial charge in [-0.2, -0.15) is 0 Å². The first-order chi connectivity index (χ1) is 8.58. The quantitative estimate of drug-likeness (QED) is 0.926. The normalized spacial score (nSPS) is 17.1. The average Bonchev–Trinajstić information content (AvgIpc) is 2.27. The lowest BCUT2D eigenvalue weighted by atomic mass is 9.97. The van der Waals surface area contributed by atoms with Gasteiger partial charge >= 0.3 is 0 Å². The molecule has 1 unspecified atom stereocenters. The van der Waals surface area contributed by atoms with Crippen LogP contribution in [0.4, 0.5) is 0 Å². The predicted octanol–water partition coefficient (Wildman–Crippen LogP) is 2.37. The van der Waals surface area contributed by atoms with E-state index in [2.05, 4.69) is 40.3 Å². The van der Waals surface area contributed by atoms with E-state index < -0.39 is 0 Å². The number of halogens is 1. The molecule has 0 spiro atoms. The van der Waals surface area contributed by atoms with Crippen molar-refractivity contribution in [2.75, 3.05) is 20.1 Å². The molecule has 0 aliphatic carbocycles. The van der Waals surface area contributed by atoms with E-state index >= 15 is 0 Å². The lowest BCUT2D eigenvalue weighted by Gasteiger charge is -2.36. The Balaban J connectivity index is 1.91. The molecule has 18 heavy (non-hydrogen) atoms. The zero-order chi connectivity index (χ0) is 13.1. The number of hydrogen-bond acceptors (Lipinski definition) is 2. The topological polar surface area (TPSA) is 32.3 Å². The lowest BCUT2D eigenvalue weighted by Crippen LogP contribution is -2.57. The zero-order valence-corrected chi connectivity index (χ0v) is 12.4. The minimum Gasteiger partial charge on any atom is -0.340 e. The van der Waals surface area contributed by atoms with E-state index in [1.807, 2.05) is 24.1 Å². The van der Waals surface area contributed by atoms with Crippen LogP contribution in [0.3, 0.4) is 0 Å². The SMILES string of the molecule is CC(CC(=O)N(C)C1CNC1)c1ccc(Br)cc1. The molecular weight excluding hydrogens is 292 g/mol. The van der Waals surface area contributed by atoms with Crippen LogP contribution in [-0.2, 0) is 4.79 Å². The fraction of sp³-hybridized carbons (Fsp3) is 0.500. The van der Waals surface area contributed by atoms with E-state index in [1.54, 1.807) is 0 Å². The first-order valence-electron chi connectivity index (χ1n) is 6.29. The van der Waals surface area contributed by atoms with Crippen LogP contribution in [0.1, 0.15) is 24.8 Å². The summed E-state index contributed by atoms with van der Waals surface area (Å²) in [7, 11) is 1.90. The third kappa shape index (κ3) is 3.12. The van der Waals surface area contributed by atoms with Gasteiger partial charge in [0.15, 0.2) is 0 Å². The molecule has 1 aromatic carbocycles. The monoisotopic (exact) mass is 310 g/mol. The number of hydrogen-bond donors (Lipinski definition) is 1. The average molecular weight is 311 g/mol. The second kappa shape index (κ2) is 5.85. The third-order valence-corrected chi connectivity index (χ3v) is 4.15. The van der Waals surface area contributed by atoms with Gasteiger partial charge in [-0.05, 0) is 23.6 Å². The summed E-state index contributed by atoms with van der Waals surface area (Å²) in [5, 5.41) is 3.19. The van der Waals surface area contributed by atoms with Crippen molar-refractivity contribution < 1.29 is 4.79 Å². The second-order valence-corrected chi connectivity index (χ2v) is 5.89. The number of nitrogens with zero attached hydrogens (tertiary/aromatic N) is 1. The number of benzene rings is 1. The highest BCUT2D eigenvalue weighted by Crippen LogP contribution is 2.22. The predicted molar refractivity (Wildman–Crippen MR) is 76.6 cm³/mol. The fourth-order valence-corrected chi connectivity index (χ4v) is 2.33. The standard InChI is InChI=1S/C14H19BrN2O/c1-10(11-3-5-12(15)6-4-11)7-14(18)17(2)13-8-16-9-13/h3-6,10,13,16H,7-9H2,1-2H3. The van der Waals surface area contributed by atoms with Gasteiger partial charge in [0.1, 0.15) is 0 Å². The molecule has 1 saturated heterocycles. The largest absolute Gasteiger partial charge is 0.340 e. The summed E-state index contributed by atoms with van der Waals surface area (Å²) < 4.78 is 1.07. The van der Waals surface area contributed by atoms with Crippen molar-refractivity contribution in [3.05, 3.63) is 34.3 Å². The van der Waals surface area contributed by atoms with E-state index in [1.165, 1.54) is 5.56 Å². The molecule has 98 valence electrons. The molecular formula is C14H19BrN2O. The Morgan fingerprint density at radius 1 is 1.44 bits per heavy atom. The summed E-state index contributed by atoms with van der Waals surface area (Å²) in [5.74, 6) is 0.498. The van der Waals surface area contributed by atoms with Gasteiger partial charge in [-0.15, -0.1) is 0 Å². The zero-order valence-electron chi connectivity index (χ0n) is 10.8. The molecule has 1 aromatic rings. The van der Waals surface area contributed by atoms with Crippen molar-refractivity contribution in [1.82, 2.24) is 10.2 Å². The molecule has 1 amide bonds. The summed E-state index contributed by atoms with van der Waals surface area (Å²) >= 11 is 3.42. The molecule has 1 aliphatic rings. The highest BCUT2D eigenvalue weighted by atomic mass is 79.9. The molecule has 0 aromatic heterocycles. The van der Waals surface area contributed by atoms with Crippen molar-refractivity contribution in [3.63, 3.8) is 0 Å². The van der Waals surface area contributed by atoms with Crippen LogP contribution < -0.4 is 5.32 Å². The first kappa shape index (κ1) is 13.6. The van der Waals surface area contributed by atoms with E-state index in [0.29, 0.717) is 12.5 Å². The molecule has 1 N–H and O–H groups in total. The highest BCUT2D eigenvalue weighted by Gasteiger charge is 2.26. The Kier molecular flexibility index (Phi) is 4.40. The van der Waals surface area contributed by atoms with Gasteiger partial charge in [0, 0.05) is 31.0 Å². The maximum Gasteiger partial charge on any atom is 0.223 e. The molecule has 0 saturated carbocycles. The minimum absolute atomic E-state index is 0.233. The van der Waals surface area contributed by atoms with Crippen LogP contribution in [0.25, 0.3) is 0 Å². The van der Waals surface area contributed by atoms with Crippen LogP contribution in [-0.4, -0.2) is 37.0 Å². The lowest BCUT2D eigenvalue weighted by molar-refractivity contribution is -0.133. The highest BCUT2D eigenvalue weighted by molar-refractivity contribution is 9.10. The third-order valence-electron chi connectivity index (χ3n) is 3.62. The Morgan fingerprint density at radius 2 is 2.06 bits per heavy atom. The molecule has 1 heterocycles. The smallest absolute Gasteiger partial charge is 0.223 e. The van der Waals surface area contributed by atoms with Crippen molar-refractivity contribution in [2.24, 2.45) is 0 Å². The summed E-state index contributed by atoms with van der Waals surface area (Å²) in [6, 6.07) is 8.58. The minimum atomic E-state index is 0.233. The van der Waals surface area contributed by atoms with E-state index in [4.69, 9.17) is 0 Å². The summed E-state index contributed by atoms with van der Waals surface area (Å²) in [5.41, 5.74) is 1.21. The molecule has 3 nitrogen and oxygen atoms in total. The Hall–Kier alpha value is -0.870. The van der Waals surface area contributed by atoms with Gasteiger partial charge in [0.05, 0.1) is 6.04 Å². The van der Waals surface area contributed by atoms with Gasteiger partial charge in [0.25, 0.3) is 0 Å². The Bertz CT molecular complexity index is 414. The number of rotatable bonds is 4. The van der Waals surface area contributed by atoms with Crippen LogP contribution in [0.5, 0.6) is 0 Å². The van der Waals surface area contributed by atoms with E-state index in [9.17, 15) is 4.79 Å². The van der Waals surface area contributed by atoms with Crippen LogP contribution >= 0.6 is 15.9 Å². The molecule has 1 aliphatic heterocycles. The van der Waals surface area contributed by atoms with Gasteiger partial charge in [-0.25, -0.2) is 0 Å². The first-order valence-corrected chi connectivity index (χ1v) is 7.09. The number of carbonyl (C=O) groups is 1. The van der Waals surface area contributed by atoms with Crippen LogP contribution in [0.2, 0.25) is 0 Å². The molecule has 1 fully saturated rings. The van der Waals surface area contributed by atoms with E-state index in [0.717, 1.165) is 17.6 Å². The van der Waals surface area contributed by atoms with Gasteiger partial charge in [-0.1, -0.05) is 35.0 Å². The number of amides is 1. The maximum atomic E-state index is 12.1. The number of nitrogens with one attached hydrogen (secondary N) is 1. The molecule has 0 bridgehead atoms. The molecule has 4 heteroatoms. The summed E-state index contributed by atoms with van der Waals surface area (Å²) in [4.78, 5) is 14.0. The Labute approximate surface area is 117 Å². The van der Waals surface area contributed by atoms with E-state index in [-0.39, 0.29) is 11.8 Å². The maximum absolute atomic E-state index is 12.1. The van der Waals surface area contributed by atoms with Crippen LogP contribution in [0, 0.1) is 0 Å². The summed E-state index contributed by atoms with van der Waals surface area (Å²) in [6.07, 6.45) is 0.578. The van der Waals surface area contributed by atoms with Crippen molar-refractivity contribution in [1.29, 1.82) is 0 Å². The van der Waals surface area contributed by atoms with Gasteiger partial charge in [0.2, 0.25) is 5.91 Å². The van der Waals surface area contributed by atoms with Crippen molar-refractivity contribution in [3.8, 4) is 0 Å². The molecule has 1 atom stereocenters. The second-order valence-electron chi connectivity index (χ2n) is 4.97. The van der Waals surface area contributed by atoms with Gasteiger partial charge in [-0.3, -0.25) is 4.79 Å². The van der Waals surface area contributed by atoms with Crippen molar-refractivity contribution in [2.45, 2.75) is 25.3 Å².